The number of carbonyl (C=O) groups excluding carboxylic acids is 2. The molecule has 1 spiro atoms. The van der Waals surface area contributed by atoms with E-state index in [4.69, 9.17) is 9.47 Å². The highest BCUT2D eigenvalue weighted by atomic mass is 16.7. The Morgan fingerprint density at radius 1 is 1.19 bits per heavy atom. The van der Waals surface area contributed by atoms with Crippen LogP contribution >= 0.6 is 0 Å². The van der Waals surface area contributed by atoms with Crippen molar-refractivity contribution in [3.63, 3.8) is 0 Å². The highest BCUT2D eigenvalue weighted by molar-refractivity contribution is 5.91. The molecule has 3 aliphatic rings. The minimum atomic E-state index is -0.494. The van der Waals surface area contributed by atoms with Crippen molar-refractivity contribution in [1.29, 1.82) is 0 Å². The number of benzene rings is 1. The summed E-state index contributed by atoms with van der Waals surface area (Å²) in [7, 11) is 2.01. The second-order valence-electron chi connectivity index (χ2n) is 7.05. The smallest absolute Gasteiger partial charge is 0.321 e. The number of nitrogens with zero attached hydrogens (tertiary/aromatic N) is 2. The molecule has 2 saturated heterocycles. The molecule has 3 heterocycles. The van der Waals surface area contributed by atoms with Crippen LogP contribution in [0.2, 0.25) is 0 Å². The summed E-state index contributed by atoms with van der Waals surface area (Å²) in [5.41, 5.74) is 0.176. The van der Waals surface area contributed by atoms with E-state index in [1.54, 1.807) is 23.1 Å². The molecule has 140 valence electrons. The van der Waals surface area contributed by atoms with Gasteiger partial charge in [0.05, 0.1) is 0 Å². The first-order chi connectivity index (χ1) is 12.6. The summed E-state index contributed by atoms with van der Waals surface area (Å²) in [6, 6.07) is 5.19. The fraction of sp³-hybridized carbons (Fsp3) is 0.556. The number of carbonyl (C=O) groups is 2. The molecule has 0 aromatic heterocycles. The fourth-order valence-corrected chi connectivity index (χ4v) is 3.94. The van der Waals surface area contributed by atoms with Gasteiger partial charge in [0.2, 0.25) is 12.7 Å². The van der Waals surface area contributed by atoms with E-state index in [-0.39, 0.29) is 18.7 Å². The molecule has 2 fully saturated rings. The van der Waals surface area contributed by atoms with Crippen molar-refractivity contribution in [3.8, 4) is 11.5 Å². The molecule has 0 saturated carbocycles. The van der Waals surface area contributed by atoms with Crippen LogP contribution < -0.4 is 20.1 Å². The number of nitrogens with one attached hydrogen (secondary N) is 2. The number of piperidine rings is 1. The normalized spacial score (nSPS) is 22.0. The van der Waals surface area contributed by atoms with Gasteiger partial charge in [-0.15, -0.1) is 0 Å². The number of anilines is 1. The molecule has 2 N–H and O–H groups in total. The van der Waals surface area contributed by atoms with Crippen molar-refractivity contribution < 1.29 is 19.1 Å². The second kappa shape index (κ2) is 6.68. The topological polar surface area (TPSA) is 83.1 Å². The maximum atomic E-state index is 12.6. The Bertz CT molecular complexity index is 715. The van der Waals surface area contributed by atoms with Gasteiger partial charge in [-0.25, -0.2) is 4.79 Å². The first kappa shape index (κ1) is 17.0. The van der Waals surface area contributed by atoms with Crippen molar-refractivity contribution in [2.75, 3.05) is 45.3 Å². The lowest BCUT2D eigenvalue weighted by molar-refractivity contribution is -0.134. The van der Waals surface area contributed by atoms with Crippen LogP contribution in [-0.4, -0.2) is 67.3 Å². The Kier molecular flexibility index (Phi) is 4.36. The molecule has 8 heteroatoms. The van der Waals surface area contributed by atoms with Gasteiger partial charge in [0, 0.05) is 37.9 Å². The summed E-state index contributed by atoms with van der Waals surface area (Å²) in [4.78, 5) is 29.1. The molecular formula is C18H24N4O4. The summed E-state index contributed by atoms with van der Waals surface area (Å²) >= 11 is 0. The van der Waals surface area contributed by atoms with E-state index in [9.17, 15) is 9.59 Å². The number of hydrogen-bond acceptors (Lipinski definition) is 5. The molecule has 1 aromatic rings. The summed E-state index contributed by atoms with van der Waals surface area (Å²) in [5.74, 6) is 1.41. The van der Waals surface area contributed by atoms with Crippen molar-refractivity contribution >= 4 is 17.6 Å². The Morgan fingerprint density at radius 2 is 1.96 bits per heavy atom. The number of urea groups is 1. The maximum absolute atomic E-state index is 12.6. The number of hydrogen-bond donors (Lipinski definition) is 2. The van der Waals surface area contributed by atoms with E-state index in [0.717, 1.165) is 19.5 Å². The Balaban J connectivity index is 1.39. The lowest BCUT2D eigenvalue weighted by Gasteiger charge is -2.44. The Morgan fingerprint density at radius 3 is 2.77 bits per heavy atom. The minimum absolute atomic E-state index is 0.0910. The molecule has 26 heavy (non-hydrogen) atoms. The van der Waals surface area contributed by atoms with Gasteiger partial charge in [0.1, 0.15) is 5.54 Å². The highest BCUT2D eigenvalue weighted by Crippen LogP contribution is 2.34. The molecular weight excluding hydrogens is 336 g/mol. The third kappa shape index (κ3) is 2.94. The van der Waals surface area contributed by atoms with Crippen LogP contribution in [0.4, 0.5) is 10.5 Å². The van der Waals surface area contributed by atoms with Crippen molar-refractivity contribution in [2.24, 2.45) is 0 Å². The van der Waals surface area contributed by atoms with Crippen LogP contribution in [0.5, 0.6) is 11.5 Å². The predicted octanol–water partition coefficient (Wildman–Crippen LogP) is 1.23. The van der Waals surface area contributed by atoms with Crippen LogP contribution in [-0.2, 0) is 4.79 Å². The Hall–Kier alpha value is -2.48. The monoisotopic (exact) mass is 360 g/mol. The Labute approximate surface area is 152 Å². The molecule has 0 aliphatic carbocycles. The van der Waals surface area contributed by atoms with Gasteiger partial charge in [-0.05, 0) is 38.4 Å². The summed E-state index contributed by atoms with van der Waals surface area (Å²) in [6.45, 7) is 2.92. The van der Waals surface area contributed by atoms with Crippen LogP contribution in [0.1, 0.15) is 19.3 Å². The standard InChI is InChI=1S/C18H24N4O4/c1-21-8-2-7-19-16(23)18(21)5-9-22(10-6-18)17(24)20-13-3-4-14-15(11-13)26-12-25-14/h3-4,11H,2,5-10,12H2,1H3,(H,19,23)(H,20,24). The maximum Gasteiger partial charge on any atom is 0.321 e. The quantitative estimate of drug-likeness (QED) is 0.787. The molecule has 0 atom stereocenters. The van der Waals surface area contributed by atoms with E-state index in [0.29, 0.717) is 43.1 Å². The molecule has 8 nitrogen and oxygen atoms in total. The van der Waals surface area contributed by atoms with Gasteiger partial charge in [0.15, 0.2) is 11.5 Å². The molecule has 0 bridgehead atoms. The van der Waals surface area contributed by atoms with E-state index in [1.165, 1.54) is 0 Å². The number of ether oxygens (including phenoxy) is 2. The molecule has 3 amide bonds. The minimum Gasteiger partial charge on any atom is -0.454 e. The lowest BCUT2D eigenvalue weighted by atomic mass is 9.85. The molecule has 1 aromatic carbocycles. The largest absolute Gasteiger partial charge is 0.454 e. The van der Waals surface area contributed by atoms with Gasteiger partial charge >= 0.3 is 6.03 Å². The lowest BCUT2D eigenvalue weighted by Crippen LogP contribution is -2.61. The zero-order chi connectivity index (χ0) is 18.1. The molecule has 3 aliphatic heterocycles. The molecule has 0 radical (unpaired) electrons. The number of rotatable bonds is 1. The van der Waals surface area contributed by atoms with Crippen LogP contribution in [0.3, 0.4) is 0 Å². The number of fused-ring (bicyclic) bond motifs is 1. The van der Waals surface area contributed by atoms with Gasteiger partial charge in [-0.2, -0.15) is 0 Å². The summed E-state index contributed by atoms with van der Waals surface area (Å²) in [5, 5.41) is 5.92. The van der Waals surface area contributed by atoms with Gasteiger partial charge in [-0.3, -0.25) is 9.69 Å². The molecule has 4 rings (SSSR count). The van der Waals surface area contributed by atoms with Crippen LogP contribution in [0.25, 0.3) is 0 Å². The van der Waals surface area contributed by atoms with Gasteiger partial charge in [-0.1, -0.05) is 0 Å². The third-order valence-corrected chi connectivity index (χ3v) is 5.61. The van der Waals surface area contributed by atoms with E-state index >= 15 is 0 Å². The third-order valence-electron chi connectivity index (χ3n) is 5.61. The zero-order valence-electron chi connectivity index (χ0n) is 14.9. The first-order valence-corrected chi connectivity index (χ1v) is 9.04. The van der Waals surface area contributed by atoms with Crippen molar-refractivity contribution in [1.82, 2.24) is 15.1 Å². The highest BCUT2D eigenvalue weighted by Gasteiger charge is 2.46. The SMILES string of the molecule is CN1CCCNC(=O)C12CCN(C(=O)Nc1ccc3c(c1)OCO3)CC2. The fourth-order valence-electron chi connectivity index (χ4n) is 3.94. The van der Waals surface area contributed by atoms with Gasteiger partial charge < -0.3 is 25.0 Å². The summed E-state index contributed by atoms with van der Waals surface area (Å²) in [6.07, 6.45) is 2.24. The van der Waals surface area contributed by atoms with Crippen LogP contribution in [0, 0.1) is 0 Å². The zero-order valence-corrected chi connectivity index (χ0v) is 14.9. The number of amides is 3. The average molecular weight is 360 g/mol. The summed E-state index contributed by atoms with van der Waals surface area (Å²) < 4.78 is 10.6. The van der Waals surface area contributed by atoms with Gasteiger partial charge in [0.25, 0.3) is 0 Å². The molecule has 0 unspecified atom stereocenters. The van der Waals surface area contributed by atoms with E-state index < -0.39 is 5.54 Å². The predicted molar refractivity (Wildman–Crippen MR) is 95.4 cm³/mol. The van der Waals surface area contributed by atoms with Crippen molar-refractivity contribution in [3.05, 3.63) is 18.2 Å². The van der Waals surface area contributed by atoms with Crippen molar-refractivity contribution in [2.45, 2.75) is 24.8 Å². The average Bonchev–Trinajstić information content (AvgIpc) is 3.07. The van der Waals surface area contributed by atoms with Crippen LogP contribution in [0.15, 0.2) is 18.2 Å². The first-order valence-electron chi connectivity index (χ1n) is 9.04. The van der Waals surface area contributed by atoms with E-state index in [1.807, 2.05) is 7.05 Å². The number of likely N-dealkylation sites (tertiary alicyclic amines) is 1. The number of likely N-dealkylation sites (N-methyl/N-ethyl adjacent to an activating group) is 1. The van der Waals surface area contributed by atoms with E-state index in [2.05, 4.69) is 15.5 Å². The second-order valence-corrected chi connectivity index (χ2v) is 7.05.